The molecule has 0 aliphatic carbocycles. The second kappa shape index (κ2) is 4.41. The first-order valence-electron chi connectivity index (χ1n) is 4.51. The fraction of sp³-hybridized carbons (Fsp3) is 0.300. The van der Waals surface area contributed by atoms with Crippen LogP contribution in [0.3, 0.4) is 0 Å². The van der Waals surface area contributed by atoms with Gasteiger partial charge in [-0.25, -0.2) is 0 Å². The van der Waals surface area contributed by atoms with E-state index < -0.39 is 29.6 Å². The molecule has 1 heterocycles. The highest BCUT2D eigenvalue weighted by Crippen LogP contribution is 2.42. The first-order valence-corrected chi connectivity index (χ1v) is 4.51. The summed E-state index contributed by atoms with van der Waals surface area (Å²) in [5.74, 6) is -1.63. The summed E-state index contributed by atoms with van der Waals surface area (Å²) in [4.78, 5) is 14.7. The Morgan fingerprint density at radius 3 is 2.47 bits per heavy atom. The molecule has 2 N–H and O–H groups in total. The number of alkyl halides is 3. The maximum absolute atomic E-state index is 13.0. The van der Waals surface area contributed by atoms with E-state index in [1.54, 1.807) is 0 Å². The highest BCUT2D eigenvalue weighted by atomic mass is 19.4. The minimum absolute atomic E-state index is 0.568. The Balaban J connectivity index is 3.48. The minimum atomic E-state index is -4.97. The lowest BCUT2D eigenvalue weighted by atomic mass is 9.79. The SMILES string of the molecule is N#CCC(C(N)=O)(c1ccccn1)C(F)(F)F. The summed E-state index contributed by atoms with van der Waals surface area (Å²) in [5, 5.41) is 8.49. The number of carbonyl (C=O) groups is 1. The van der Waals surface area contributed by atoms with E-state index in [1.165, 1.54) is 18.2 Å². The summed E-state index contributed by atoms with van der Waals surface area (Å²) in [6, 6.07) is 5.05. The van der Waals surface area contributed by atoms with Gasteiger partial charge < -0.3 is 5.73 Å². The first kappa shape index (κ1) is 13.0. The number of primary amides is 1. The van der Waals surface area contributed by atoms with Gasteiger partial charge in [-0.05, 0) is 12.1 Å². The number of halogens is 3. The van der Waals surface area contributed by atoms with Gasteiger partial charge in [0.2, 0.25) is 5.91 Å². The number of hydrogen-bond donors (Lipinski definition) is 1. The summed E-state index contributed by atoms with van der Waals surface area (Å²) in [7, 11) is 0. The number of amides is 1. The second-order valence-electron chi connectivity index (χ2n) is 3.32. The van der Waals surface area contributed by atoms with Gasteiger partial charge in [0.15, 0.2) is 5.41 Å². The van der Waals surface area contributed by atoms with E-state index in [9.17, 15) is 18.0 Å². The third-order valence-electron chi connectivity index (χ3n) is 2.35. The van der Waals surface area contributed by atoms with Crippen LogP contribution in [0.2, 0.25) is 0 Å². The zero-order chi connectivity index (χ0) is 13.1. The molecule has 0 saturated heterocycles. The maximum atomic E-state index is 13.0. The van der Waals surface area contributed by atoms with Gasteiger partial charge in [0.1, 0.15) is 0 Å². The molecule has 0 aliphatic rings. The quantitative estimate of drug-likeness (QED) is 0.868. The second-order valence-corrected chi connectivity index (χ2v) is 3.32. The number of aromatic nitrogens is 1. The monoisotopic (exact) mass is 243 g/mol. The fourth-order valence-electron chi connectivity index (χ4n) is 1.42. The molecule has 1 amide bonds. The van der Waals surface area contributed by atoms with Gasteiger partial charge in [0.25, 0.3) is 0 Å². The molecule has 0 aliphatic heterocycles. The van der Waals surface area contributed by atoms with Crippen molar-refractivity contribution in [3.63, 3.8) is 0 Å². The zero-order valence-corrected chi connectivity index (χ0v) is 8.53. The molecule has 0 spiro atoms. The summed E-state index contributed by atoms with van der Waals surface area (Å²) < 4.78 is 39.0. The van der Waals surface area contributed by atoms with Gasteiger partial charge in [0.05, 0.1) is 18.2 Å². The Bertz CT molecular complexity index is 452. The Labute approximate surface area is 94.9 Å². The predicted octanol–water partition coefficient (Wildman–Crippen LogP) is 1.28. The van der Waals surface area contributed by atoms with Gasteiger partial charge in [-0.15, -0.1) is 0 Å². The molecule has 1 aromatic heterocycles. The molecule has 0 saturated carbocycles. The summed E-state index contributed by atoms with van der Waals surface area (Å²) in [6.45, 7) is 0. The van der Waals surface area contributed by atoms with E-state index in [2.05, 4.69) is 4.98 Å². The molecule has 4 nitrogen and oxygen atoms in total. The van der Waals surface area contributed by atoms with Crippen LogP contribution in [0.5, 0.6) is 0 Å². The van der Waals surface area contributed by atoms with Crippen molar-refractivity contribution >= 4 is 5.91 Å². The highest BCUT2D eigenvalue weighted by Gasteiger charge is 2.61. The van der Waals surface area contributed by atoms with Crippen molar-refractivity contribution in [1.82, 2.24) is 4.98 Å². The molecule has 1 aromatic rings. The van der Waals surface area contributed by atoms with E-state index in [1.807, 2.05) is 0 Å². The smallest absolute Gasteiger partial charge is 0.369 e. The van der Waals surface area contributed by atoms with E-state index in [-0.39, 0.29) is 0 Å². The number of nitrogens with two attached hydrogens (primary N) is 1. The predicted molar refractivity (Wildman–Crippen MR) is 51.4 cm³/mol. The molecule has 1 rings (SSSR count). The van der Waals surface area contributed by atoms with Crippen molar-refractivity contribution in [1.29, 1.82) is 5.26 Å². The summed E-state index contributed by atoms with van der Waals surface area (Å²) in [6.07, 6.45) is -4.96. The molecule has 7 heteroatoms. The Morgan fingerprint density at radius 1 is 1.47 bits per heavy atom. The average Bonchev–Trinajstić information content (AvgIpc) is 2.24. The van der Waals surface area contributed by atoms with E-state index in [0.717, 1.165) is 12.3 Å². The van der Waals surface area contributed by atoms with Gasteiger partial charge in [0, 0.05) is 6.20 Å². The number of rotatable bonds is 3. The van der Waals surface area contributed by atoms with Crippen LogP contribution >= 0.6 is 0 Å². The lowest BCUT2D eigenvalue weighted by molar-refractivity contribution is -0.193. The van der Waals surface area contributed by atoms with E-state index in [0.29, 0.717) is 0 Å². The third-order valence-corrected chi connectivity index (χ3v) is 2.35. The van der Waals surface area contributed by atoms with Crippen LogP contribution in [0.15, 0.2) is 24.4 Å². The van der Waals surface area contributed by atoms with E-state index in [4.69, 9.17) is 11.0 Å². The molecule has 0 fully saturated rings. The van der Waals surface area contributed by atoms with Crippen LogP contribution in [0.4, 0.5) is 13.2 Å². The zero-order valence-electron chi connectivity index (χ0n) is 8.53. The summed E-state index contributed by atoms with van der Waals surface area (Å²) >= 11 is 0. The van der Waals surface area contributed by atoms with Crippen LogP contribution in [-0.4, -0.2) is 17.1 Å². The lowest BCUT2D eigenvalue weighted by Crippen LogP contribution is -2.53. The number of pyridine rings is 1. The van der Waals surface area contributed by atoms with Gasteiger partial charge in [-0.3, -0.25) is 9.78 Å². The number of nitriles is 1. The van der Waals surface area contributed by atoms with Gasteiger partial charge in [-0.2, -0.15) is 18.4 Å². The fourth-order valence-corrected chi connectivity index (χ4v) is 1.42. The molecule has 90 valence electrons. The Kier molecular flexibility index (Phi) is 3.36. The molecular formula is C10H8F3N3O. The van der Waals surface area contributed by atoms with Crippen molar-refractivity contribution in [2.24, 2.45) is 5.73 Å². The maximum Gasteiger partial charge on any atom is 0.409 e. The average molecular weight is 243 g/mol. The summed E-state index contributed by atoms with van der Waals surface area (Å²) in [5.41, 5.74) is 1.21. The van der Waals surface area contributed by atoms with Crippen LogP contribution in [-0.2, 0) is 10.2 Å². The molecule has 0 bridgehead atoms. The van der Waals surface area contributed by atoms with Crippen molar-refractivity contribution < 1.29 is 18.0 Å². The number of nitrogens with zero attached hydrogens (tertiary/aromatic N) is 2. The molecule has 1 atom stereocenters. The third kappa shape index (κ3) is 2.06. The normalized spacial score (nSPS) is 14.7. The number of hydrogen-bond acceptors (Lipinski definition) is 3. The molecular weight excluding hydrogens is 235 g/mol. The van der Waals surface area contributed by atoms with Gasteiger partial charge >= 0.3 is 6.18 Å². The minimum Gasteiger partial charge on any atom is -0.369 e. The molecule has 0 radical (unpaired) electrons. The largest absolute Gasteiger partial charge is 0.409 e. The standard InChI is InChI=1S/C10H8F3N3O/c11-10(12,13)9(4-5-14,8(15)17)7-3-1-2-6-16-7/h1-3,6H,4H2,(H2,15,17). The van der Waals surface area contributed by atoms with Crippen LogP contribution in [0, 0.1) is 11.3 Å². The molecule has 17 heavy (non-hydrogen) atoms. The highest BCUT2D eigenvalue weighted by molar-refractivity contribution is 5.87. The Morgan fingerprint density at radius 2 is 2.12 bits per heavy atom. The van der Waals surface area contributed by atoms with Crippen molar-refractivity contribution in [3.8, 4) is 6.07 Å². The first-order chi connectivity index (χ1) is 7.86. The van der Waals surface area contributed by atoms with Crippen molar-refractivity contribution in [3.05, 3.63) is 30.1 Å². The van der Waals surface area contributed by atoms with Crippen LogP contribution in [0.1, 0.15) is 12.1 Å². The Hall–Kier alpha value is -2.10. The number of carbonyl (C=O) groups excluding carboxylic acids is 1. The van der Waals surface area contributed by atoms with Crippen LogP contribution in [0.25, 0.3) is 0 Å². The van der Waals surface area contributed by atoms with Crippen LogP contribution < -0.4 is 5.73 Å². The van der Waals surface area contributed by atoms with E-state index >= 15 is 0 Å². The van der Waals surface area contributed by atoms with Gasteiger partial charge in [-0.1, -0.05) is 6.07 Å². The molecule has 1 unspecified atom stereocenters. The van der Waals surface area contributed by atoms with Crippen molar-refractivity contribution in [2.75, 3.05) is 0 Å². The van der Waals surface area contributed by atoms with Crippen molar-refractivity contribution in [2.45, 2.75) is 18.0 Å². The lowest BCUT2D eigenvalue weighted by Gasteiger charge is -2.29. The molecule has 0 aromatic carbocycles. The topological polar surface area (TPSA) is 79.8 Å².